The summed E-state index contributed by atoms with van der Waals surface area (Å²) in [5, 5.41) is 10.8. The van der Waals surface area contributed by atoms with Gasteiger partial charge in [-0.05, 0) is 25.7 Å². The van der Waals surface area contributed by atoms with Gasteiger partial charge >= 0.3 is 0 Å². The fraction of sp³-hybridized carbons (Fsp3) is 0.538. The average Bonchev–Trinajstić information content (AvgIpc) is 2.35. The second kappa shape index (κ2) is 5.44. The van der Waals surface area contributed by atoms with Gasteiger partial charge in [0.25, 0.3) is 11.6 Å². The topological polar surface area (TPSA) is 102 Å². The lowest BCUT2D eigenvalue weighted by atomic mass is 9.80. The minimum atomic E-state index is -0.585. The van der Waals surface area contributed by atoms with Crippen molar-refractivity contribution in [2.24, 2.45) is 5.92 Å². The van der Waals surface area contributed by atoms with Crippen molar-refractivity contribution in [2.45, 2.75) is 32.2 Å². The van der Waals surface area contributed by atoms with E-state index in [1.165, 1.54) is 12.5 Å². The number of amides is 1. The summed E-state index contributed by atoms with van der Waals surface area (Å²) < 4.78 is 0. The lowest BCUT2D eigenvalue weighted by Gasteiger charge is -2.37. The number of anilines is 1. The summed E-state index contributed by atoms with van der Waals surface area (Å²) in [6.07, 6.45) is 4.47. The molecule has 1 saturated carbocycles. The molecule has 1 aromatic heterocycles. The number of carbonyl (C=O) groups excluding carboxylic acids is 1. The highest BCUT2D eigenvalue weighted by atomic mass is 16.6. The molecule has 0 radical (unpaired) electrons. The van der Waals surface area contributed by atoms with Crippen LogP contribution in [0.3, 0.4) is 0 Å². The molecule has 7 heteroatoms. The normalized spacial score (nSPS) is 16.3. The Kier molecular flexibility index (Phi) is 3.87. The Labute approximate surface area is 116 Å². The lowest BCUT2D eigenvalue weighted by molar-refractivity contribution is -0.385. The van der Waals surface area contributed by atoms with Crippen molar-refractivity contribution in [1.29, 1.82) is 0 Å². The minimum Gasteiger partial charge on any atom is -0.383 e. The van der Waals surface area contributed by atoms with Crippen LogP contribution >= 0.6 is 0 Å². The Hall–Kier alpha value is -2.18. The van der Waals surface area contributed by atoms with Gasteiger partial charge < -0.3 is 10.6 Å². The number of aromatic nitrogens is 1. The smallest absolute Gasteiger partial charge is 0.288 e. The van der Waals surface area contributed by atoms with Crippen LogP contribution in [0.1, 0.15) is 36.5 Å². The van der Waals surface area contributed by atoms with Crippen LogP contribution in [0.15, 0.2) is 12.3 Å². The number of carbonyl (C=O) groups is 1. The molecule has 0 unspecified atom stereocenters. The number of nitrogens with zero attached hydrogens (tertiary/aromatic N) is 3. The third kappa shape index (κ3) is 2.56. The molecule has 1 aromatic rings. The fourth-order valence-electron chi connectivity index (χ4n) is 2.35. The molecule has 1 atom stereocenters. The first kappa shape index (κ1) is 14.2. The Balaban J connectivity index is 2.23. The van der Waals surface area contributed by atoms with E-state index in [0.717, 1.165) is 19.0 Å². The molecule has 20 heavy (non-hydrogen) atoms. The summed E-state index contributed by atoms with van der Waals surface area (Å²) in [6.45, 7) is 1.99. The van der Waals surface area contributed by atoms with E-state index in [4.69, 9.17) is 5.73 Å². The monoisotopic (exact) mass is 278 g/mol. The highest BCUT2D eigenvalue weighted by Crippen LogP contribution is 2.32. The molecule has 0 bridgehead atoms. The van der Waals surface area contributed by atoms with Gasteiger partial charge in [-0.2, -0.15) is 0 Å². The van der Waals surface area contributed by atoms with Gasteiger partial charge in [-0.25, -0.2) is 4.98 Å². The predicted molar refractivity (Wildman–Crippen MR) is 74.2 cm³/mol. The lowest BCUT2D eigenvalue weighted by Crippen LogP contribution is -2.42. The third-order valence-corrected chi connectivity index (χ3v) is 4.11. The zero-order valence-electron chi connectivity index (χ0n) is 11.6. The molecule has 0 aliphatic heterocycles. The van der Waals surface area contributed by atoms with Crippen LogP contribution in [0, 0.1) is 16.0 Å². The van der Waals surface area contributed by atoms with Crippen LogP contribution in [0.5, 0.6) is 0 Å². The van der Waals surface area contributed by atoms with Crippen molar-refractivity contribution >= 4 is 17.4 Å². The molecule has 0 aromatic carbocycles. The van der Waals surface area contributed by atoms with Crippen LogP contribution < -0.4 is 5.73 Å². The second-order valence-electron chi connectivity index (χ2n) is 5.23. The molecule has 0 saturated heterocycles. The largest absolute Gasteiger partial charge is 0.383 e. The van der Waals surface area contributed by atoms with Gasteiger partial charge in [-0.15, -0.1) is 0 Å². The summed E-state index contributed by atoms with van der Waals surface area (Å²) >= 11 is 0. The van der Waals surface area contributed by atoms with Crippen molar-refractivity contribution in [3.05, 3.63) is 27.9 Å². The molecule has 1 amide bonds. The van der Waals surface area contributed by atoms with E-state index in [1.807, 2.05) is 6.92 Å². The summed E-state index contributed by atoms with van der Waals surface area (Å²) in [6, 6.07) is 1.28. The zero-order valence-corrected chi connectivity index (χ0v) is 11.6. The van der Waals surface area contributed by atoms with Gasteiger partial charge in [0.2, 0.25) is 0 Å². The first-order valence-electron chi connectivity index (χ1n) is 6.59. The van der Waals surface area contributed by atoms with Gasteiger partial charge in [-0.1, -0.05) is 6.42 Å². The first-order chi connectivity index (χ1) is 9.41. The maximum atomic E-state index is 12.4. The Morgan fingerprint density at radius 1 is 1.60 bits per heavy atom. The van der Waals surface area contributed by atoms with E-state index in [1.54, 1.807) is 11.9 Å². The maximum absolute atomic E-state index is 12.4. The number of pyridine rings is 1. The molecule has 1 aliphatic carbocycles. The van der Waals surface area contributed by atoms with E-state index in [-0.39, 0.29) is 29.0 Å². The molecule has 2 rings (SSSR count). The summed E-state index contributed by atoms with van der Waals surface area (Å²) in [4.78, 5) is 27.9. The Morgan fingerprint density at radius 3 is 2.75 bits per heavy atom. The number of hydrogen-bond donors (Lipinski definition) is 1. The van der Waals surface area contributed by atoms with Crippen molar-refractivity contribution < 1.29 is 9.72 Å². The van der Waals surface area contributed by atoms with Crippen LogP contribution in [0.4, 0.5) is 11.5 Å². The predicted octanol–water partition coefficient (Wildman–Crippen LogP) is 1.83. The molecular formula is C13H18N4O3. The molecule has 1 heterocycles. The molecule has 2 N–H and O–H groups in total. The number of nitrogen functional groups attached to an aromatic ring is 1. The highest BCUT2D eigenvalue weighted by molar-refractivity contribution is 5.98. The van der Waals surface area contributed by atoms with Crippen molar-refractivity contribution in [3.63, 3.8) is 0 Å². The van der Waals surface area contributed by atoms with Crippen LogP contribution in [0.25, 0.3) is 0 Å². The van der Waals surface area contributed by atoms with Crippen molar-refractivity contribution in [2.75, 3.05) is 12.8 Å². The molecule has 0 spiro atoms. The minimum absolute atomic E-state index is 0.0215. The van der Waals surface area contributed by atoms with Crippen molar-refractivity contribution in [3.8, 4) is 0 Å². The van der Waals surface area contributed by atoms with E-state index < -0.39 is 4.92 Å². The molecule has 1 fully saturated rings. The van der Waals surface area contributed by atoms with Crippen molar-refractivity contribution in [1.82, 2.24) is 9.88 Å². The van der Waals surface area contributed by atoms with Gasteiger partial charge in [0.15, 0.2) is 0 Å². The quantitative estimate of drug-likeness (QED) is 0.668. The van der Waals surface area contributed by atoms with E-state index in [9.17, 15) is 14.9 Å². The summed E-state index contributed by atoms with van der Waals surface area (Å²) in [5.41, 5.74) is 5.53. The number of rotatable bonds is 4. The SMILES string of the molecule is C[C@@H](C1CCC1)N(C)C(=O)c1cc([N+](=O)[O-])cnc1N. The molecule has 108 valence electrons. The Morgan fingerprint density at radius 2 is 2.25 bits per heavy atom. The number of nitrogens with two attached hydrogens (primary N) is 1. The zero-order chi connectivity index (χ0) is 14.9. The summed E-state index contributed by atoms with van der Waals surface area (Å²) in [5.74, 6) is 0.197. The molecular weight excluding hydrogens is 260 g/mol. The average molecular weight is 278 g/mol. The highest BCUT2D eigenvalue weighted by Gasteiger charge is 2.30. The van der Waals surface area contributed by atoms with E-state index in [0.29, 0.717) is 5.92 Å². The van der Waals surface area contributed by atoms with E-state index >= 15 is 0 Å². The number of hydrogen-bond acceptors (Lipinski definition) is 5. The first-order valence-corrected chi connectivity index (χ1v) is 6.59. The number of nitro groups is 1. The Bertz CT molecular complexity index is 542. The second-order valence-corrected chi connectivity index (χ2v) is 5.23. The molecule has 7 nitrogen and oxygen atoms in total. The van der Waals surface area contributed by atoms with Crippen LogP contribution in [-0.4, -0.2) is 33.8 Å². The van der Waals surface area contributed by atoms with Gasteiger partial charge in [0.1, 0.15) is 12.0 Å². The van der Waals surface area contributed by atoms with Crippen LogP contribution in [0.2, 0.25) is 0 Å². The molecule has 1 aliphatic rings. The maximum Gasteiger partial charge on any atom is 0.288 e. The third-order valence-electron chi connectivity index (χ3n) is 4.11. The van der Waals surface area contributed by atoms with Crippen LogP contribution in [-0.2, 0) is 0 Å². The fourth-order valence-corrected chi connectivity index (χ4v) is 2.35. The van der Waals surface area contributed by atoms with Gasteiger partial charge in [0.05, 0.1) is 10.5 Å². The standard InChI is InChI=1S/C13H18N4O3/c1-8(9-4-3-5-9)16(2)13(18)11-6-10(17(19)20)7-15-12(11)14/h6-9H,3-5H2,1-2H3,(H2,14,15)/t8-/m0/s1. The van der Waals surface area contributed by atoms with Gasteiger partial charge in [-0.3, -0.25) is 14.9 Å². The van der Waals surface area contributed by atoms with E-state index in [2.05, 4.69) is 4.98 Å². The van der Waals surface area contributed by atoms with Gasteiger partial charge in [0, 0.05) is 19.2 Å². The summed E-state index contributed by atoms with van der Waals surface area (Å²) in [7, 11) is 1.70.